The number of hydrogen-bond acceptors (Lipinski definition) is 4. The number of piperazine rings is 1. The first kappa shape index (κ1) is 21.7. The number of carbonyl (C=O) groups is 2. The highest BCUT2D eigenvalue weighted by Gasteiger charge is 2.36. The molecule has 0 spiro atoms. The normalized spacial score (nSPS) is 16.8. The maximum absolute atomic E-state index is 13.2. The van der Waals surface area contributed by atoms with Crippen LogP contribution in [-0.2, 0) is 4.79 Å². The topological polar surface area (TPSA) is 71.3 Å². The van der Waals surface area contributed by atoms with Gasteiger partial charge in [0.1, 0.15) is 12.1 Å². The van der Waals surface area contributed by atoms with Crippen LogP contribution in [0.4, 0.5) is 0 Å². The maximum Gasteiger partial charge on any atom is 0.276 e. The Morgan fingerprint density at radius 2 is 1.59 bits per heavy atom. The zero-order valence-electron chi connectivity index (χ0n) is 18.8. The zero-order chi connectivity index (χ0) is 22.7. The standard InChI is InChI=1S/C25H29N5O2/c1-18(2)16-28-14-15-29(19(3)24(28)31)25(32)22-17-30(27-26-22)23(20-10-6-4-7-11-20)21-12-8-5-9-13-21/h4-13,17-19,23H,14-16H2,1-3H3/t19-/m0/s1. The second-order valence-electron chi connectivity index (χ2n) is 8.66. The van der Waals surface area contributed by atoms with Crippen molar-refractivity contribution in [3.8, 4) is 0 Å². The van der Waals surface area contributed by atoms with E-state index in [1.165, 1.54) is 0 Å². The highest BCUT2D eigenvalue weighted by atomic mass is 16.2. The minimum absolute atomic E-state index is 0.0165. The molecule has 3 aromatic rings. The Bertz CT molecular complexity index is 1020. The fourth-order valence-corrected chi connectivity index (χ4v) is 4.25. The first-order valence-corrected chi connectivity index (χ1v) is 11.1. The Kier molecular flexibility index (Phi) is 6.35. The molecule has 166 valence electrons. The summed E-state index contributed by atoms with van der Waals surface area (Å²) in [4.78, 5) is 29.5. The summed E-state index contributed by atoms with van der Waals surface area (Å²) in [5.41, 5.74) is 2.35. The van der Waals surface area contributed by atoms with Crippen LogP contribution in [0.2, 0.25) is 0 Å². The van der Waals surface area contributed by atoms with Gasteiger partial charge >= 0.3 is 0 Å². The van der Waals surface area contributed by atoms with Gasteiger partial charge in [-0.1, -0.05) is 79.7 Å². The number of aromatic nitrogens is 3. The van der Waals surface area contributed by atoms with Crippen molar-refractivity contribution in [1.82, 2.24) is 24.8 Å². The quantitative estimate of drug-likeness (QED) is 0.601. The summed E-state index contributed by atoms with van der Waals surface area (Å²) in [5.74, 6) is 0.111. The minimum Gasteiger partial charge on any atom is -0.339 e. The molecule has 1 saturated heterocycles. The van der Waals surface area contributed by atoms with Crippen molar-refractivity contribution >= 4 is 11.8 Å². The second kappa shape index (κ2) is 9.34. The van der Waals surface area contributed by atoms with Gasteiger partial charge in [0, 0.05) is 19.6 Å². The summed E-state index contributed by atoms with van der Waals surface area (Å²) in [6.45, 7) is 7.70. The van der Waals surface area contributed by atoms with Crippen LogP contribution in [0.3, 0.4) is 0 Å². The van der Waals surface area contributed by atoms with Crippen LogP contribution >= 0.6 is 0 Å². The molecule has 1 aliphatic heterocycles. The van der Waals surface area contributed by atoms with Crippen molar-refractivity contribution < 1.29 is 9.59 Å². The third-order valence-electron chi connectivity index (χ3n) is 5.82. The Morgan fingerprint density at radius 3 is 2.16 bits per heavy atom. The van der Waals surface area contributed by atoms with E-state index >= 15 is 0 Å². The lowest BCUT2D eigenvalue weighted by Crippen LogP contribution is -2.58. The van der Waals surface area contributed by atoms with Crippen LogP contribution in [0.25, 0.3) is 0 Å². The monoisotopic (exact) mass is 431 g/mol. The SMILES string of the molecule is CC(C)CN1CCN(C(=O)c2cn(C(c3ccccc3)c3ccccc3)nn2)[C@@H](C)C1=O. The third-order valence-corrected chi connectivity index (χ3v) is 5.82. The van der Waals surface area contributed by atoms with Crippen LogP contribution in [0, 0.1) is 5.92 Å². The Labute approximate surface area is 188 Å². The van der Waals surface area contributed by atoms with Crippen LogP contribution < -0.4 is 0 Å². The van der Waals surface area contributed by atoms with Crippen LogP contribution in [0.1, 0.15) is 48.4 Å². The number of hydrogen-bond donors (Lipinski definition) is 0. The van der Waals surface area contributed by atoms with Gasteiger partial charge in [-0.05, 0) is 24.0 Å². The molecule has 32 heavy (non-hydrogen) atoms. The average Bonchev–Trinajstić information content (AvgIpc) is 3.28. The maximum atomic E-state index is 13.2. The first-order valence-electron chi connectivity index (χ1n) is 11.1. The summed E-state index contributed by atoms with van der Waals surface area (Å²) in [5, 5.41) is 8.49. The fourth-order valence-electron chi connectivity index (χ4n) is 4.25. The van der Waals surface area contributed by atoms with Gasteiger partial charge in [-0.2, -0.15) is 0 Å². The number of benzene rings is 2. The van der Waals surface area contributed by atoms with E-state index in [1.54, 1.807) is 22.7 Å². The molecule has 4 rings (SSSR count). The highest BCUT2D eigenvalue weighted by molar-refractivity contribution is 5.96. The first-order chi connectivity index (χ1) is 15.5. The number of rotatable bonds is 6. The molecule has 2 amide bonds. The molecular weight excluding hydrogens is 402 g/mol. The lowest BCUT2D eigenvalue weighted by Gasteiger charge is -2.39. The van der Waals surface area contributed by atoms with Crippen LogP contribution in [0.15, 0.2) is 66.9 Å². The van der Waals surface area contributed by atoms with Gasteiger partial charge in [0.2, 0.25) is 5.91 Å². The van der Waals surface area contributed by atoms with E-state index in [0.717, 1.165) is 11.1 Å². The van der Waals surface area contributed by atoms with Gasteiger partial charge < -0.3 is 9.80 Å². The zero-order valence-corrected chi connectivity index (χ0v) is 18.8. The molecule has 1 aliphatic rings. The minimum atomic E-state index is -0.515. The van der Waals surface area contributed by atoms with E-state index in [1.807, 2.05) is 65.6 Å². The van der Waals surface area contributed by atoms with E-state index in [0.29, 0.717) is 25.6 Å². The van der Waals surface area contributed by atoms with Crippen molar-refractivity contribution in [2.24, 2.45) is 5.92 Å². The van der Waals surface area contributed by atoms with E-state index in [4.69, 9.17) is 0 Å². The van der Waals surface area contributed by atoms with Crippen molar-refractivity contribution in [1.29, 1.82) is 0 Å². The molecule has 1 aromatic heterocycles. The van der Waals surface area contributed by atoms with Crippen molar-refractivity contribution in [2.75, 3.05) is 19.6 Å². The predicted molar refractivity (Wildman–Crippen MR) is 122 cm³/mol. The Morgan fingerprint density at radius 1 is 1.00 bits per heavy atom. The highest BCUT2D eigenvalue weighted by Crippen LogP contribution is 2.26. The summed E-state index contributed by atoms with van der Waals surface area (Å²) in [6.07, 6.45) is 1.69. The van der Waals surface area contributed by atoms with Crippen molar-refractivity contribution in [3.05, 3.63) is 83.7 Å². The molecule has 0 unspecified atom stereocenters. The molecule has 2 aromatic carbocycles. The average molecular weight is 432 g/mol. The molecule has 2 heterocycles. The number of amides is 2. The second-order valence-corrected chi connectivity index (χ2v) is 8.66. The Hall–Kier alpha value is -3.48. The van der Waals surface area contributed by atoms with Gasteiger partial charge in [-0.15, -0.1) is 5.10 Å². The lowest BCUT2D eigenvalue weighted by molar-refractivity contribution is -0.140. The smallest absolute Gasteiger partial charge is 0.276 e. The summed E-state index contributed by atoms with van der Waals surface area (Å²) in [6, 6.07) is 19.3. The molecule has 0 bridgehead atoms. The number of carbonyl (C=O) groups excluding carboxylic acids is 2. The lowest BCUT2D eigenvalue weighted by atomic mass is 9.99. The number of nitrogens with zero attached hydrogens (tertiary/aromatic N) is 5. The van der Waals surface area contributed by atoms with Gasteiger partial charge in [-0.3, -0.25) is 9.59 Å². The fraction of sp³-hybridized carbons (Fsp3) is 0.360. The molecule has 1 fully saturated rings. The predicted octanol–water partition coefficient (Wildman–Crippen LogP) is 3.24. The van der Waals surface area contributed by atoms with Crippen LogP contribution in [0.5, 0.6) is 0 Å². The molecular formula is C25H29N5O2. The van der Waals surface area contributed by atoms with Gasteiger partial charge in [0.25, 0.3) is 5.91 Å². The van der Waals surface area contributed by atoms with E-state index in [9.17, 15) is 9.59 Å². The van der Waals surface area contributed by atoms with Crippen molar-refractivity contribution in [3.63, 3.8) is 0 Å². The Balaban J connectivity index is 1.58. The molecule has 0 N–H and O–H groups in total. The molecule has 7 heteroatoms. The summed E-state index contributed by atoms with van der Waals surface area (Å²) in [7, 11) is 0. The van der Waals surface area contributed by atoms with Gasteiger partial charge in [-0.25, -0.2) is 4.68 Å². The molecule has 7 nitrogen and oxygen atoms in total. The summed E-state index contributed by atoms with van der Waals surface area (Å²) < 4.78 is 1.72. The summed E-state index contributed by atoms with van der Waals surface area (Å²) >= 11 is 0. The van der Waals surface area contributed by atoms with Crippen LogP contribution in [-0.4, -0.2) is 62.3 Å². The van der Waals surface area contributed by atoms with Gasteiger partial charge in [0.15, 0.2) is 5.69 Å². The largest absolute Gasteiger partial charge is 0.339 e. The molecule has 0 radical (unpaired) electrons. The third kappa shape index (κ3) is 4.42. The van der Waals surface area contributed by atoms with E-state index in [2.05, 4.69) is 24.2 Å². The molecule has 1 atom stereocenters. The van der Waals surface area contributed by atoms with E-state index < -0.39 is 6.04 Å². The van der Waals surface area contributed by atoms with Crippen molar-refractivity contribution in [2.45, 2.75) is 32.9 Å². The molecule has 0 aliphatic carbocycles. The van der Waals surface area contributed by atoms with Gasteiger partial charge in [0.05, 0.1) is 6.20 Å². The van der Waals surface area contributed by atoms with E-state index in [-0.39, 0.29) is 23.6 Å². The molecule has 0 saturated carbocycles.